The molecular formula is C14H19NO6. The summed E-state index contributed by atoms with van der Waals surface area (Å²) in [6, 6.07) is 3.26. The minimum Gasteiger partial charge on any atom is -0.480 e. The van der Waals surface area contributed by atoms with Gasteiger partial charge in [-0.05, 0) is 13.0 Å². The molecule has 1 heterocycles. The van der Waals surface area contributed by atoms with Gasteiger partial charge in [-0.15, -0.1) is 0 Å². The molecule has 0 spiro atoms. The van der Waals surface area contributed by atoms with Crippen LogP contribution in [0.3, 0.4) is 0 Å². The van der Waals surface area contributed by atoms with Crippen molar-refractivity contribution in [1.82, 2.24) is 5.32 Å². The number of benzene rings is 1. The summed E-state index contributed by atoms with van der Waals surface area (Å²) in [5, 5.41) is 12.1. The number of fused-ring (bicyclic) bond motifs is 1. The lowest BCUT2D eigenvalue weighted by Gasteiger charge is -2.17. The highest BCUT2D eigenvalue weighted by Crippen LogP contribution is 2.38. The normalized spacial score (nSPS) is 13.9. The Hall–Kier alpha value is -1.99. The smallest absolute Gasteiger partial charge is 0.260 e. The number of methoxy groups -OCH3 is 1. The van der Waals surface area contributed by atoms with Crippen LogP contribution in [-0.4, -0.2) is 44.2 Å². The first-order chi connectivity index (χ1) is 10.2. The predicted molar refractivity (Wildman–Crippen MR) is 73.5 cm³/mol. The second-order valence-electron chi connectivity index (χ2n) is 4.52. The molecule has 1 aromatic rings. The second kappa shape index (κ2) is 7.14. The SMILES string of the molecule is COCCNC(=O)C(C)Oc1cc2c(cc1CO)OCO2. The van der Waals surface area contributed by atoms with E-state index < -0.39 is 6.10 Å². The molecule has 0 radical (unpaired) electrons. The van der Waals surface area contributed by atoms with E-state index in [-0.39, 0.29) is 19.3 Å². The van der Waals surface area contributed by atoms with Gasteiger partial charge in [-0.1, -0.05) is 0 Å². The van der Waals surface area contributed by atoms with E-state index in [0.717, 1.165) is 0 Å². The van der Waals surface area contributed by atoms with Crippen LogP contribution in [0.15, 0.2) is 12.1 Å². The molecule has 0 saturated carbocycles. The van der Waals surface area contributed by atoms with Gasteiger partial charge in [-0.3, -0.25) is 4.79 Å². The number of amides is 1. The molecule has 0 aliphatic carbocycles. The van der Waals surface area contributed by atoms with Crippen LogP contribution in [0, 0.1) is 0 Å². The first-order valence-electron chi connectivity index (χ1n) is 6.62. The van der Waals surface area contributed by atoms with Gasteiger partial charge in [0.05, 0.1) is 13.2 Å². The Morgan fingerprint density at radius 1 is 1.43 bits per heavy atom. The molecule has 1 atom stereocenters. The summed E-state index contributed by atoms with van der Waals surface area (Å²) in [6.45, 7) is 2.40. The van der Waals surface area contributed by atoms with E-state index in [1.807, 2.05) is 0 Å². The lowest BCUT2D eigenvalue weighted by atomic mass is 10.2. The first kappa shape index (κ1) is 15.4. The van der Waals surface area contributed by atoms with Crippen LogP contribution >= 0.6 is 0 Å². The third-order valence-electron chi connectivity index (χ3n) is 3.00. The van der Waals surface area contributed by atoms with Gasteiger partial charge in [0.2, 0.25) is 6.79 Å². The van der Waals surface area contributed by atoms with E-state index >= 15 is 0 Å². The number of ether oxygens (including phenoxy) is 4. The number of rotatable bonds is 7. The number of aliphatic hydroxyl groups is 1. The van der Waals surface area contributed by atoms with Gasteiger partial charge in [-0.25, -0.2) is 0 Å². The average Bonchev–Trinajstić information content (AvgIpc) is 2.93. The van der Waals surface area contributed by atoms with E-state index in [9.17, 15) is 9.90 Å². The molecule has 1 aliphatic heterocycles. The van der Waals surface area contributed by atoms with E-state index in [0.29, 0.717) is 36.0 Å². The minimum atomic E-state index is -0.701. The molecule has 2 rings (SSSR count). The van der Waals surface area contributed by atoms with Crippen molar-refractivity contribution in [3.63, 3.8) is 0 Å². The van der Waals surface area contributed by atoms with Crippen molar-refractivity contribution in [2.24, 2.45) is 0 Å². The molecule has 21 heavy (non-hydrogen) atoms. The van der Waals surface area contributed by atoms with Crippen LogP contribution in [-0.2, 0) is 16.1 Å². The number of hydrogen-bond donors (Lipinski definition) is 2. The fraction of sp³-hybridized carbons (Fsp3) is 0.500. The quantitative estimate of drug-likeness (QED) is 0.710. The number of aliphatic hydroxyl groups excluding tert-OH is 1. The first-order valence-corrected chi connectivity index (χ1v) is 6.62. The van der Waals surface area contributed by atoms with Crippen LogP contribution in [0.4, 0.5) is 0 Å². The van der Waals surface area contributed by atoms with Crippen LogP contribution in [0.1, 0.15) is 12.5 Å². The lowest BCUT2D eigenvalue weighted by molar-refractivity contribution is -0.127. The minimum absolute atomic E-state index is 0.136. The van der Waals surface area contributed by atoms with Gasteiger partial charge in [-0.2, -0.15) is 0 Å². The monoisotopic (exact) mass is 297 g/mol. The molecule has 116 valence electrons. The van der Waals surface area contributed by atoms with Crippen LogP contribution in [0.2, 0.25) is 0 Å². The highest BCUT2D eigenvalue weighted by molar-refractivity contribution is 5.80. The zero-order chi connectivity index (χ0) is 15.2. The van der Waals surface area contributed by atoms with Crippen molar-refractivity contribution in [2.45, 2.75) is 19.6 Å². The van der Waals surface area contributed by atoms with E-state index in [1.54, 1.807) is 26.2 Å². The Labute approximate surface area is 122 Å². The second-order valence-corrected chi connectivity index (χ2v) is 4.52. The number of carbonyl (C=O) groups excluding carboxylic acids is 1. The standard InChI is InChI=1S/C14H19NO6/c1-9(14(17)15-3-4-18-2)21-11-6-13-12(19-8-20-13)5-10(11)7-16/h5-6,9,16H,3-4,7-8H2,1-2H3,(H,15,17). The summed E-state index contributed by atoms with van der Waals surface area (Å²) in [7, 11) is 1.56. The van der Waals surface area contributed by atoms with Crippen molar-refractivity contribution < 1.29 is 28.8 Å². The maximum Gasteiger partial charge on any atom is 0.260 e. The number of carbonyl (C=O) groups is 1. The van der Waals surface area contributed by atoms with E-state index in [2.05, 4.69) is 5.32 Å². The van der Waals surface area contributed by atoms with Crippen molar-refractivity contribution in [2.75, 3.05) is 27.1 Å². The third-order valence-corrected chi connectivity index (χ3v) is 3.00. The van der Waals surface area contributed by atoms with Gasteiger partial charge in [0.15, 0.2) is 17.6 Å². The fourth-order valence-corrected chi connectivity index (χ4v) is 1.86. The predicted octanol–water partition coefficient (Wildman–Crippen LogP) is 0.437. The zero-order valence-corrected chi connectivity index (χ0v) is 12.0. The van der Waals surface area contributed by atoms with Crippen molar-refractivity contribution in [3.8, 4) is 17.2 Å². The summed E-state index contributed by atoms with van der Waals surface area (Å²) in [5.74, 6) is 1.24. The molecule has 7 heteroatoms. The molecule has 0 aromatic heterocycles. The zero-order valence-electron chi connectivity index (χ0n) is 12.0. The van der Waals surface area contributed by atoms with Crippen molar-refractivity contribution in [1.29, 1.82) is 0 Å². The maximum absolute atomic E-state index is 11.8. The summed E-state index contributed by atoms with van der Waals surface area (Å²) in [6.07, 6.45) is -0.701. The van der Waals surface area contributed by atoms with Crippen LogP contribution < -0.4 is 19.5 Å². The number of nitrogens with one attached hydrogen (secondary N) is 1. The molecule has 0 saturated heterocycles. The molecule has 0 bridgehead atoms. The Morgan fingerprint density at radius 3 is 2.81 bits per heavy atom. The largest absolute Gasteiger partial charge is 0.480 e. The average molecular weight is 297 g/mol. The van der Waals surface area contributed by atoms with Crippen molar-refractivity contribution in [3.05, 3.63) is 17.7 Å². The van der Waals surface area contributed by atoms with Gasteiger partial charge in [0.1, 0.15) is 5.75 Å². The van der Waals surface area contributed by atoms with E-state index in [1.165, 1.54) is 0 Å². The van der Waals surface area contributed by atoms with Gasteiger partial charge in [0, 0.05) is 25.3 Å². The molecule has 0 fully saturated rings. The topological polar surface area (TPSA) is 86.3 Å². The Morgan fingerprint density at radius 2 is 2.14 bits per heavy atom. The van der Waals surface area contributed by atoms with Gasteiger partial charge >= 0.3 is 0 Å². The summed E-state index contributed by atoms with van der Waals surface area (Å²) < 4.78 is 21.0. The molecular weight excluding hydrogens is 278 g/mol. The summed E-state index contributed by atoms with van der Waals surface area (Å²) >= 11 is 0. The van der Waals surface area contributed by atoms with Crippen molar-refractivity contribution >= 4 is 5.91 Å². The fourth-order valence-electron chi connectivity index (χ4n) is 1.86. The third kappa shape index (κ3) is 3.77. The Balaban J connectivity index is 2.03. The molecule has 1 aromatic carbocycles. The number of hydrogen-bond acceptors (Lipinski definition) is 6. The van der Waals surface area contributed by atoms with Crippen LogP contribution in [0.25, 0.3) is 0 Å². The molecule has 1 aliphatic rings. The van der Waals surface area contributed by atoms with Crippen LogP contribution in [0.5, 0.6) is 17.2 Å². The summed E-state index contributed by atoms with van der Waals surface area (Å²) in [5.41, 5.74) is 0.538. The lowest BCUT2D eigenvalue weighted by Crippen LogP contribution is -2.38. The van der Waals surface area contributed by atoms with Gasteiger partial charge in [0.25, 0.3) is 5.91 Å². The maximum atomic E-state index is 11.8. The molecule has 1 unspecified atom stereocenters. The molecule has 7 nitrogen and oxygen atoms in total. The summed E-state index contributed by atoms with van der Waals surface area (Å²) in [4.78, 5) is 11.8. The Kier molecular flexibility index (Phi) is 5.24. The highest BCUT2D eigenvalue weighted by Gasteiger charge is 2.21. The van der Waals surface area contributed by atoms with E-state index in [4.69, 9.17) is 18.9 Å². The highest BCUT2D eigenvalue weighted by atomic mass is 16.7. The molecule has 2 N–H and O–H groups in total. The molecule has 1 amide bonds. The van der Waals surface area contributed by atoms with Gasteiger partial charge < -0.3 is 29.4 Å². The Bertz CT molecular complexity index is 504.